The standard InChI is InChI=1S/C13H28N2O/c1-11(8-14-4)9-15(5)10-12-6-7-13(2,3)16-12/h11-12,14H,6-10H2,1-5H3. The second-order valence-electron chi connectivity index (χ2n) is 5.92. The topological polar surface area (TPSA) is 24.5 Å². The second kappa shape index (κ2) is 5.99. The average molecular weight is 228 g/mol. The minimum atomic E-state index is 0.0993. The maximum absolute atomic E-state index is 6.00. The number of nitrogens with one attached hydrogen (secondary N) is 1. The van der Waals surface area contributed by atoms with Crippen molar-refractivity contribution in [2.75, 3.05) is 33.7 Å². The fraction of sp³-hybridized carbons (Fsp3) is 1.00. The van der Waals surface area contributed by atoms with Crippen LogP contribution in [-0.4, -0.2) is 50.3 Å². The van der Waals surface area contributed by atoms with Gasteiger partial charge in [0.25, 0.3) is 0 Å². The third-order valence-corrected chi connectivity index (χ3v) is 3.25. The molecule has 1 fully saturated rings. The highest BCUT2D eigenvalue weighted by Crippen LogP contribution is 2.29. The van der Waals surface area contributed by atoms with Gasteiger partial charge in [0.15, 0.2) is 0 Å². The molecule has 3 heteroatoms. The van der Waals surface area contributed by atoms with Crippen LogP contribution in [0.2, 0.25) is 0 Å². The maximum atomic E-state index is 6.00. The van der Waals surface area contributed by atoms with Crippen molar-refractivity contribution in [1.29, 1.82) is 0 Å². The van der Waals surface area contributed by atoms with Crippen LogP contribution >= 0.6 is 0 Å². The quantitative estimate of drug-likeness (QED) is 0.749. The second-order valence-corrected chi connectivity index (χ2v) is 5.92. The Hall–Kier alpha value is -0.120. The predicted octanol–water partition coefficient (Wildman–Crippen LogP) is 1.73. The molecule has 0 spiro atoms. The molecule has 0 aromatic carbocycles. The van der Waals surface area contributed by atoms with E-state index in [4.69, 9.17) is 4.74 Å². The lowest BCUT2D eigenvalue weighted by molar-refractivity contribution is -0.0269. The van der Waals surface area contributed by atoms with Gasteiger partial charge in [-0.15, -0.1) is 0 Å². The van der Waals surface area contributed by atoms with Crippen molar-refractivity contribution in [3.8, 4) is 0 Å². The molecule has 1 N–H and O–H groups in total. The molecule has 1 rings (SSSR count). The molecule has 1 saturated heterocycles. The van der Waals surface area contributed by atoms with Crippen LogP contribution in [0.3, 0.4) is 0 Å². The lowest BCUT2D eigenvalue weighted by atomic mass is 10.1. The fourth-order valence-electron chi connectivity index (χ4n) is 2.57. The molecule has 16 heavy (non-hydrogen) atoms. The molecule has 0 saturated carbocycles. The zero-order valence-corrected chi connectivity index (χ0v) is 11.5. The summed E-state index contributed by atoms with van der Waals surface area (Å²) in [4.78, 5) is 2.40. The Morgan fingerprint density at radius 3 is 2.69 bits per heavy atom. The highest BCUT2D eigenvalue weighted by molar-refractivity contribution is 4.82. The van der Waals surface area contributed by atoms with Crippen LogP contribution in [0, 0.1) is 5.92 Å². The van der Waals surface area contributed by atoms with Gasteiger partial charge < -0.3 is 15.0 Å². The van der Waals surface area contributed by atoms with E-state index >= 15 is 0 Å². The van der Waals surface area contributed by atoms with Gasteiger partial charge in [0.1, 0.15) is 0 Å². The summed E-state index contributed by atoms with van der Waals surface area (Å²) in [5.41, 5.74) is 0.0993. The summed E-state index contributed by atoms with van der Waals surface area (Å²) in [5.74, 6) is 0.699. The Morgan fingerprint density at radius 2 is 2.19 bits per heavy atom. The van der Waals surface area contributed by atoms with Crippen molar-refractivity contribution in [3.63, 3.8) is 0 Å². The largest absolute Gasteiger partial charge is 0.371 e. The SMILES string of the molecule is CNCC(C)CN(C)CC1CCC(C)(C)O1. The highest BCUT2D eigenvalue weighted by Gasteiger charge is 2.32. The molecule has 2 unspecified atom stereocenters. The first-order valence-corrected chi connectivity index (χ1v) is 6.44. The summed E-state index contributed by atoms with van der Waals surface area (Å²) in [6, 6.07) is 0. The molecule has 0 radical (unpaired) electrons. The Bertz CT molecular complexity index is 206. The molecule has 0 aliphatic carbocycles. The first-order valence-electron chi connectivity index (χ1n) is 6.44. The molecule has 0 aromatic heterocycles. The Morgan fingerprint density at radius 1 is 1.50 bits per heavy atom. The smallest absolute Gasteiger partial charge is 0.0710 e. The number of likely N-dealkylation sites (N-methyl/N-ethyl adjacent to an activating group) is 1. The van der Waals surface area contributed by atoms with E-state index in [9.17, 15) is 0 Å². The minimum absolute atomic E-state index is 0.0993. The van der Waals surface area contributed by atoms with Crippen molar-refractivity contribution in [3.05, 3.63) is 0 Å². The number of rotatable bonds is 6. The summed E-state index contributed by atoms with van der Waals surface area (Å²) in [7, 11) is 4.21. The van der Waals surface area contributed by atoms with Gasteiger partial charge in [-0.1, -0.05) is 6.92 Å². The summed E-state index contributed by atoms with van der Waals surface area (Å²) in [6.07, 6.45) is 2.83. The molecular weight excluding hydrogens is 200 g/mol. The van der Waals surface area contributed by atoms with Gasteiger partial charge in [0.2, 0.25) is 0 Å². The van der Waals surface area contributed by atoms with Gasteiger partial charge >= 0.3 is 0 Å². The number of ether oxygens (including phenoxy) is 1. The van der Waals surface area contributed by atoms with Gasteiger partial charge in [-0.05, 0) is 53.2 Å². The van der Waals surface area contributed by atoms with Crippen molar-refractivity contribution < 1.29 is 4.74 Å². The van der Waals surface area contributed by atoms with Crippen LogP contribution in [0.1, 0.15) is 33.6 Å². The average Bonchev–Trinajstić information content (AvgIpc) is 2.45. The van der Waals surface area contributed by atoms with Crippen LogP contribution in [0.5, 0.6) is 0 Å². The van der Waals surface area contributed by atoms with E-state index in [-0.39, 0.29) is 5.60 Å². The molecular formula is C13H28N2O. The third-order valence-electron chi connectivity index (χ3n) is 3.25. The molecule has 0 aromatic rings. The fourth-order valence-corrected chi connectivity index (χ4v) is 2.57. The van der Waals surface area contributed by atoms with Crippen LogP contribution in [0.15, 0.2) is 0 Å². The molecule has 1 heterocycles. The lowest BCUT2D eigenvalue weighted by Gasteiger charge is -2.25. The Balaban J connectivity index is 2.22. The van der Waals surface area contributed by atoms with Gasteiger partial charge in [-0.3, -0.25) is 0 Å². The van der Waals surface area contributed by atoms with Gasteiger partial charge in [-0.2, -0.15) is 0 Å². The van der Waals surface area contributed by atoms with Crippen molar-refractivity contribution >= 4 is 0 Å². The maximum Gasteiger partial charge on any atom is 0.0710 e. The highest BCUT2D eigenvalue weighted by atomic mass is 16.5. The predicted molar refractivity (Wildman–Crippen MR) is 68.8 cm³/mol. The zero-order valence-electron chi connectivity index (χ0n) is 11.5. The van der Waals surface area contributed by atoms with E-state index in [1.165, 1.54) is 12.8 Å². The summed E-state index contributed by atoms with van der Waals surface area (Å²) in [5, 5.41) is 3.22. The number of hydrogen-bond acceptors (Lipinski definition) is 3. The van der Waals surface area contributed by atoms with Gasteiger partial charge in [-0.25, -0.2) is 0 Å². The van der Waals surface area contributed by atoms with E-state index in [2.05, 4.69) is 38.0 Å². The van der Waals surface area contributed by atoms with Crippen LogP contribution < -0.4 is 5.32 Å². The van der Waals surface area contributed by atoms with E-state index < -0.39 is 0 Å². The van der Waals surface area contributed by atoms with Crippen molar-refractivity contribution in [2.24, 2.45) is 5.92 Å². The molecule has 0 amide bonds. The Labute approximate surface area is 101 Å². The van der Waals surface area contributed by atoms with Crippen molar-refractivity contribution in [1.82, 2.24) is 10.2 Å². The molecule has 2 atom stereocenters. The molecule has 96 valence electrons. The molecule has 1 aliphatic heterocycles. The van der Waals surface area contributed by atoms with E-state index in [1.54, 1.807) is 0 Å². The van der Waals surface area contributed by atoms with Gasteiger partial charge in [0.05, 0.1) is 11.7 Å². The molecule has 0 bridgehead atoms. The first kappa shape index (κ1) is 13.9. The van der Waals surface area contributed by atoms with E-state index in [0.29, 0.717) is 12.0 Å². The normalized spacial score (nSPS) is 26.2. The monoisotopic (exact) mass is 228 g/mol. The number of nitrogens with zero attached hydrogens (tertiary/aromatic N) is 1. The first-order chi connectivity index (χ1) is 7.43. The van der Waals surface area contributed by atoms with Crippen molar-refractivity contribution in [2.45, 2.75) is 45.3 Å². The Kier molecular flexibility index (Phi) is 5.22. The summed E-state index contributed by atoms with van der Waals surface area (Å²) >= 11 is 0. The van der Waals surface area contributed by atoms with E-state index in [0.717, 1.165) is 19.6 Å². The third kappa shape index (κ3) is 4.81. The molecule has 1 aliphatic rings. The summed E-state index contributed by atoms with van der Waals surface area (Å²) in [6.45, 7) is 9.96. The van der Waals surface area contributed by atoms with Crippen LogP contribution in [-0.2, 0) is 4.74 Å². The molecule has 3 nitrogen and oxygen atoms in total. The zero-order chi connectivity index (χ0) is 12.2. The van der Waals surface area contributed by atoms with Crippen LogP contribution in [0.25, 0.3) is 0 Å². The summed E-state index contributed by atoms with van der Waals surface area (Å²) < 4.78 is 6.00. The minimum Gasteiger partial charge on any atom is -0.371 e. The van der Waals surface area contributed by atoms with Gasteiger partial charge in [0, 0.05) is 13.1 Å². The lowest BCUT2D eigenvalue weighted by Crippen LogP contribution is -2.35. The van der Waals surface area contributed by atoms with Crippen LogP contribution in [0.4, 0.5) is 0 Å². The number of hydrogen-bond donors (Lipinski definition) is 1. The van der Waals surface area contributed by atoms with E-state index in [1.807, 2.05) is 7.05 Å².